The van der Waals surface area contributed by atoms with Gasteiger partial charge in [0.15, 0.2) is 5.82 Å². The second-order valence-corrected chi connectivity index (χ2v) is 8.61. The number of hydrogen-bond donors (Lipinski definition) is 4. The standard InChI is InChI=1S/C21H24N6O3/c1-21(2)17-13(9-23-21)18(26-25-17)22-8-11-4-3-5-12-10-27(20(30)16(11)12)14-6-7-15(28)24-19(14)29/h3-5,14,23H,6-10H2,1-2H3,(H2,22,25,26)(H,24,28,29). The number of nitrogens with one attached hydrogen (secondary N) is 4. The molecule has 0 aliphatic carbocycles. The van der Waals surface area contributed by atoms with Crippen LogP contribution in [0.4, 0.5) is 5.82 Å². The summed E-state index contributed by atoms with van der Waals surface area (Å²) in [7, 11) is 0. The monoisotopic (exact) mass is 408 g/mol. The summed E-state index contributed by atoms with van der Waals surface area (Å²) in [6.45, 7) is 5.77. The molecule has 0 spiro atoms. The second-order valence-electron chi connectivity index (χ2n) is 8.61. The lowest BCUT2D eigenvalue weighted by Crippen LogP contribution is -2.52. The molecular weight excluding hydrogens is 384 g/mol. The summed E-state index contributed by atoms with van der Waals surface area (Å²) >= 11 is 0. The number of carbonyl (C=O) groups excluding carboxylic acids is 3. The highest BCUT2D eigenvalue weighted by molar-refractivity contribution is 6.06. The summed E-state index contributed by atoms with van der Waals surface area (Å²) in [5.41, 5.74) is 4.45. The molecule has 1 aromatic heterocycles. The number of piperidine rings is 1. The predicted octanol–water partition coefficient (Wildman–Crippen LogP) is 1.12. The first-order valence-corrected chi connectivity index (χ1v) is 10.2. The lowest BCUT2D eigenvalue weighted by Gasteiger charge is -2.29. The van der Waals surface area contributed by atoms with Crippen molar-refractivity contribution in [1.82, 2.24) is 25.7 Å². The van der Waals surface area contributed by atoms with Crippen LogP contribution in [0.3, 0.4) is 0 Å². The van der Waals surface area contributed by atoms with Crippen molar-refractivity contribution in [3.63, 3.8) is 0 Å². The van der Waals surface area contributed by atoms with Gasteiger partial charge in [-0.2, -0.15) is 5.10 Å². The van der Waals surface area contributed by atoms with Crippen LogP contribution in [0, 0.1) is 0 Å². The summed E-state index contributed by atoms with van der Waals surface area (Å²) in [5, 5.41) is 16.7. The second kappa shape index (κ2) is 6.66. The van der Waals surface area contributed by atoms with Gasteiger partial charge in [0.05, 0.1) is 11.2 Å². The van der Waals surface area contributed by atoms with E-state index in [1.165, 1.54) is 0 Å². The molecule has 1 fully saturated rings. The highest BCUT2D eigenvalue weighted by Crippen LogP contribution is 2.34. The number of nitrogens with zero attached hydrogens (tertiary/aromatic N) is 2. The minimum atomic E-state index is -0.605. The predicted molar refractivity (Wildman–Crippen MR) is 108 cm³/mol. The lowest BCUT2D eigenvalue weighted by atomic mass is 10.0. The fourth-order valence-electron chi connectivity index (χ4n) is 4.61. The summed E-state index contributed by atoms with van der Waals surface area (Å²) in [4.78, 5) is 38.5. The van der Waals surface area contributed by atoms with Crippen molar-refractivity contribution in [1.29, 1.82) is 0 Å². The maximum Gasteiger partial charge on any atom is 0.255 e. The number of H-pyrrole nitrogens is 1. The first-order valence-electron chi connectivity index (χ1n) is 10.2. The smallest absolute Gasteiger partial charge is 0.255 e. The molecule has 156 valence electrons. The largest absolute Gasteiger partial charge is 0.364 e. The molecule has 1 unspecified atom stereocenters. The molecular formula is C21H24N6O3. The Bertz CT molecular complexity index is 1070. The van der Waals surface area contributed by atoms with E-state index in [0.717, 1.165) is 34.7 Å². The SMILES string of the molecule is CC1(C)NCc2c(NCc3cccc4c3C(=O)N(C3CCC(=O)NC3=O)C4)n[nH]c21. The van der Waals surface area contributed by atoms with E-state index in [0.29, 0.717) is 25.1 Å². The van der Waals surface area contributed by atoms with Gasteiger partial charge >= 0.3 is 0 Å². The van der Waals surface area contributed by atoms with Crippen LogP contribution in [0.1, 0.15) is 59.4 Å². The number of aromatic nitrogens is 2. The van der Waals surface area contributed by atoms with Crippen LogP contribution in [0.25, 0.3) is 0 Å². The number of carbonyl (C=O) groups is 3. The van der Waals surface area contributed by atoms with E-state index < -0.39 is 11.9 Å². The summed E-state index contributed by atoms with van der Waals surface area (Å²) in [5.74, 6) is -0.0520. The van der Waals surface area contributed by atoms with Gasteiger partial charge < -0.3 is 15.5 Å². The normalized spacial score (nSPS) is 22.1. The molecule has 1 saturated heterocycles. The molecule has 9 heteroatoms. The fraction of sp³-hybridized carbons (Fsp3) is 0.429. The van der Waals surface area contributed by atoms with Gasteiger partial charge in [-0.1, -0.05) is 18.2 Å². The molecule has 5 rings (SSSR count). The van der Waals surface area contributed by atoms with Crippen molar-refractivity contribution in [2.24, 2.45) is 0 Å². The molecule has 4 heterocycles. The van der Waals surface area contributed by atoms with E-state index in [9.17, 15) is 14.4 Å². The molecule has 30 heavy (non-hydrogen) atoms. The molecule has 2 aromatic rings. The maximum atomic E-state index is 13.2. The van der Waals surface area contributed by atoms with Gasteiger partial charge in [-0.3, -0.25) is 24.8 Å². The fourth-order valence-corrected chi connectivity index (χ4v) is 4.61. The van der Waals surface area contributed by atoms with E-state index in [1.54, 1.807) is 4.90 Å². The Morgan fingerprint density at radius 2 is 2.10 bits per heavy atom. The number of imide groups is 1. The zero-order valence-corrected chi connectivity index (χ0v) is 17.0. The molecule has 4 N–H and O–H groups in total. The average molecular weight is 408 g/mol. The minimum absolute atomic E-state index is 0.144. The first-order chi connectivity index (χ1) is 14.3. The van der Waals surface area contributed by atoms with Crippen molar-refractivity contribution in [3.8, 4) is 0 Å². The van der Waals surface area contributed by atoms with Crippen LogP contribution < -0.4 is 16.0 Å². The zero-order valence-electron chi connectivity index (χ0n) is 17.0. The average Bonchev–Trinajstić information content (AvgIpc) is 3.35. The number of hydrogen-bond acceptors (Lipinski definition) is 6. The number of benzene rings is 1. The van der Waals surface area contributed by atoms with Crippen molar-refractivity contribution >= 4 is 23.5 Å². The first kappa shape index (κ1) is 18.8. The van der Waals surface area contributed by atoms with Crippen molar-refractivity contribution in [3.05, 3.63) is 46.1 Å². The maximum absolute atomic E-state index is 13.2. The Balaban J connectivity index is 1.36. The van der Waals surface area contributed by atoms with Gasteiger partial charge in [0.25, 0.3) is 5.91 Å². The Labute approximate surface area is 173 Å². The van der Waals surface area contributed by atoms with Crippen LogP contribution in [0.2, 0.25) is 0 Å². The molecule has 3 aliphatic rings. The van der Waals surface area contributed by atoms with E-state index in [-0.39, 0.29) is 23.8 Å². The van der Waals surface area contributed by atoms with Gasteiger partial charge in [-0.05, 0) is 31.4 Å². The van der Waals surface area contributed by atoms with Crippen LogP contribution in [-0.2, 0) is 34.8 Å². The highest BCUT2D eigenvalue weighted by Gasteiger charge is 2.40. The molecule has 0 saturated carbocycles. The Morgan fingerprint density at radius 3 is 2.90 bits per heavy atom. The van der Waals surface area contributed by atoms with Gasteiger partial charge in [0.2, 0.25) is 11.8 Å². The highest BCUT2D eigenvalue weighted by atomic mass is 16.2. The molecule has 3 amide bonds. The number of fused-ring (bicyclic) bond motifs is 2. The van der Waals surface area contributed by atoms with Gasteiger partial charge in [0.1, 0.15) is 6.04 Å². The van der Waals surface area contributed by atoms with E-state index >= 15 is 0 Å². The zero-order chi connectivity index (χ0) is 21.0. The molecule has 1 atom stereocenters. The Kier molecular flexibility index (Phi) is 4.18. The van der Waals surface area contributed by atoms with Crippen LogP contribution >= 0.6 is 0 Å². The van der Waals surface area contributed by atoms with E-state index in [2.05, 4.69) is 40.0 Å². The minimum Gasteiger partial charge on any atom is -0.364 e. The van der Waals surface area contributed by atoms with E-state index in [1.807, 2.05) is 18.2 Å². The quantitative estimate of drug-likeness (QED) is 0.563. The molecule has 0 radical (unpaired) electrons. The van der Waals surface area contributed by atoms with Gasteiger partial charge in [-0.25, -0.2) is 0 Å². The molecule has 1 aromatic carbocycles. The summed E-state index contributed by atoms with van der Waals surface area (Å²) < 4.78 is 0. The topological polar surface area (TPSA) is 119 Å². The van der Waals surface area contributed by atoms with Crippen LogP contribution in [0.5, 0.6) is 0 Å². The number of anilines is 1. The third-order valence-electron chi connectivity index (χ3n) is 6.28. The Hall–Kier alpha value is -3.20. The van der Waals surface area contributed by atoms with Crippen LogP contribution in [0.15, 0.2) is 18.2 Å². The van der Waals surface area contributed by atoms with Crippen molar-refractivity contribution in [2.75, 3.05) is 5.32 Å². The van der Waals surface area contributed by atoms with Crippen molar-refractivity contribution in [2.45, 2.75) is 57.9 Å². The molecule has 3 aliphatic heterocycles. The van der Waals surface area contributed by atoms with Gasteiger partial charge in [-0.15, -0.1) is 0 Å². The van der Waals surface area contributed by atoms with Gasteiger partial charge in [0, 0.05) is 37.2 Å². The van der Waals surface area contributed by atoms with Crippen LogP contribution in [-0.4, -0.2) is 38.9 Å². The molecule has 9 nitrogen and oxygen atoms in total. The summed E-state index contributed by atoms with van der Waals surface area (Å²) in [6.07, 6.45) is 0.611. The third kappa shape index (κ3) is 2.88. The Morgan fingerprint density at radius 1 is 1.27 bits per heavy atom. The van der Waals surface area contributed by atoms with Crippen molar-refractivity contribution < 1.29 is 14.4 Å². The molecule has 0 bridgehead atoms. The van der Waals surface area contributed by atoms with E-state index in [4.69, 9.17) is 0 Å². The number of amides is 3. The third-order valence-corrected chi connectivity index (χ3v) is 6.28. The number of aromatic amines is 1. The number of rotatable bonds is 4. The lowest BCUT2D eigenvalue weighted by molar-refractivity contribution is -0.136. The summed E-state index contributed by atoms with van der Waals surface area (Å²) in [6, 6.07) is 5.16.